The molecule has 0 aliphatic heterocycles. The van der Waals surface area contributed by atoms with Gasteiger partial charge in [0, 0.05) is 13.5 Å². The van der Waals surface area contributed by atoms with Gasteiger partial charge in [-0.05, 0) is 39.0 Å². The molecule has 0 aromatic carbocycles. The number of hydrogen-bond donors (Lipinski definition) is 2. The molecule has 0 heterocycles. The lowest BCUT2D eigenvalue weighted by molar-refractivity contribution is -0.153. The zero-order valence-corrected chi connectivity index (χ0v) is 14.7. The first-order valence-electron chi connectivity index (χ1n) is 8.46. The summed E-state index contributed by atoms with van der Waals surface area (Å²) in [6.07, 6.45) is 3.91. The fourth-order valence-corrected chi connectivity index (χ4v) is 2.95. The van der Waals surface area contributed by atoms with Gasteiger partial charge in [-0.1, -0.05) is 12.8 Å². The molecule has 7 heteroatoms. The van der Waals surface area contributed by atoms with E-state index in [0.717, 1.165) is 25.7 Å². The molecule has 0 aromatic heterocycles. The van der Waals surface area contributed by atoms with Crippen LogP contribution >= 0.6 is 0 Å². The third-order valence-electron chi connectivity index (χ3n) is 4.13. The number of carbonyl (C=O) groups excluding carboxylic acids is 3. The van der Waals surface area contributed by atoms with Gasteiger partial charge in [-0.2, -0.15) is 0 Å². The Morgan fingerprint density at radius 2 is 1.88 bits per heavy atom. The number of ketones is 1. The first kappa shape index (κ1) is 20.3. The predicted octanol–water partition coefficient (Wildman–Crippen LogP) is 1.63. The number of esters is 1. The number of carbonyl (C=O) groups is 3. The van der Waals surface area contributed by atoms with Gasteiger partial charge in [-0.3, -0.25) is 9.59 Å². The van der Waals surface area contributed by atoms with Crippen LogP contribution in [0.1, 0.15) is 52.4 Å². The van der Waals surface area contributed by atoms with Crippen LogP contribution in [0, 0.1) is 11.3 Å². The SMILES string of the molecule is CO[C@H](C(=O)N[C@@H](CCC(=O)C=N)C(=O)OC(C)C)C1CCCC1. The Labute approximate surface area is 143 Å². The van der Waals surface area contributed by atoms with Crippen LogP contribution in [-0.4, -0.2) is 49.2 Å². The molecule has 0 radical (unpaired) electrons. The van der Waals surface area contributed by atoms with Gasteiger partial charge < -0.3 is 20.2 Å². The second-order valence-corrected chi connectivity index (χ2v) is 6.40. The van der Waals surface area contributed by atoms with Crippen molar-refractivity contribution in [2.24, 2.45) is 5.92 Å². The summed E-state index contributed by atoms with van der Waals surface area (Å²) in [5, 5.41) is 9.59. The number of amides is 1. The summed E-state index contributed by atoms with van der Waals surface area (Å²) in [5.74, 6) is -1.17. The Hall–Kier alpha value is -1.76. The average Bonchev–Trinajstić information content (AvgIpc) is 3.05. The van der Waals surface area contributed by atoms with Crippen molar-refractivity contribution in [2.45, 2.75) is 70.6 Å². The van der Waals surface area contributed by atoms with Gasteiger partial charge in [0.1, 0.15) is 12.1 Å². The highest BCUT2D eigenvalue weighted by Crippen LogP contribution is 2.29. The third kappa shape index (κ3) is 6.39. The van der Waals surface area contributed by atoms with Crippen LogP contribution in [0.15, 0.2) is 0 Å². The van der Waals surface area contributed by atoms with E-state index in [9.17, 15) is 14.4 Å². The van der Waals surface area contributed by atoms with Crippen molar-refractivity contribution in [3.05, 3.63) is 0 Å². The van der Waals surface area contributed by atoms with E-state index in [1.807, 2.05) is 0 Å². The topological polar surface area (TPSA) is 106 Å². The second-order valence-electron chi connectivity index (χ2n) is 6.40. The zero-order valence-electron chi connectivity index (χ0n) is 14.7. The fraction of sp³-hybridized carbons (Fsp3) is 0.765. The van der Waals surface area contributed by atoms with Crippen LogP contribution in [0.5, 0.6) is 0 Å². The maximum absolute atomic E-state index is 12.5. The van der Waals surface area contributed by atoms with Crippen molar-refractivity contribution in [1.82, 2.24) is 5.32 Å². The summed E-state index contributed by atoms with van der Waals surface area (Å²) in [6, 6.07) is -0.914. The van der Waals surface area contributed by atoms with E-state index in [1.165, 1.54) is 7.11 Å². The molecule has 2 N–H and O–H groups in total. The van der Waals surface area contributed by atoms with Gasteiger partial charge in [-0.15, -0.1) is 0 Å². The largest absolute Gasteiger partial charge is 0.461 e. The first-order chi connectivity index (χ1) is 11.4. The van der Waals surface area contributed by atoms with Crippen molar-refractivity contribution >= 4 is 23.9 Å². The van der Waals surface area contributed by atoms with Gasteiger partial charge in [0.05, 0.1) is 12.3 Å². The van der Waals surface area contributed by atoms with Gasteiger partial charge in [0.2, 0.25) is 5.91 Å². The van der Waals surface area contributed by atoms with Crippen LogP contribution in [0.2, 0.25) is 0 Å². The summed E-state index contributed by atoms with van der Waals surface area (Å²) in [7, 11) is 1.49. The summed E-state index contributed by atoms with van der Waals surface area (Å²) in [5.41, 5.74) is 0. The minimum Gasteiger partial charge on any atom is -0.461 e. The van der Waals surface area contributed by atoms with Gasteiger partial charge >= 0.3 is 5.97 Å². The van der Waals surface area contributed by atoms with Crippen molar-refractivity contribution in [1.29, 1.82) is 5.41 Å². The summed E-state index contributed by atoms with van der Waals surface area (Å²) in [4.78, 5) is 36.0. The quantitative estimate of drug-likeness (QED) is 0.464. The van der Waals surface area contributed by atoms with Crippen LogP contribution in [0.4, 0.5) is 0 Å². The Morgan fingerprint density at radius 1 is 1.25 bits per heavy atom. The Balaban J connectivity index is 2.72. The van der Waals surface area contributed by atoms with Crippen LogP contribution < -0.4 is 5.32 Å². The predicted molar refractivity (Wildman–Crippen MR) is 88.9 cm³/mol. The summed E-state index contributed by atoms with van der Waals surface area (Å²) < 4.78 is 10.5. The second kappa shape index (κ2) is 10.2. The van der Waals surface area contributed by atoms with Gasteiger partial charge in [0.15, 0.2) is 5.78 Å². The maximum Gasteiger partial charge on any atom is 0.328 e. The molecule has 1 amide bonds. The highest BCUT2D eigenvalue weighted by Gasteiger charge is 2.33. The van der Waals surface area contributed by atoms with Crippen molar-refractivity contribution < 1.29 is 23.9 Å². The molecule has 1 saturated carbocycles. The molecule has 7 nitrogen and oxygen atoms in total. The van der Waals surface area contributed by atoms with Crippen LogP contribution in [0.25, 0.3) is 0 Å². The molecule has 0 saturated heterocycles. The Kier molecular flexibility index (Phi) is 8.60. The standard InChI is InChI=1S/C17H28N2O5/c1-11(2)24-17(22)14(9-8-13(20)10-18)19-16(21)15(23-3)12-6-4-5-7-12/h10-12,14-15,18H,4-9H2,1-3H3,(H,19,21)/t14-,15-/m0/s1. The molecular weight excluding hydrogens is 312 g/mol. The highest BCUT2D eigenvalue weighted by molar-refractivity contribution is 6.26. The molecule has 136 valence electrons. The Morgan fingerprint density at radius 3 is 2.38 bits per heavy atom. The number of methoxy groups -OCH3 is 1. The van der Waals surface area contributed by atoms with Crippen molar-refractivity contribution in [3.63, 3.8) is 0 Å². The minimum absolute atomic E-state index is 0.00270. The van der Waals surface area contributed by atoms with Crippen molar-refractivity contribution in [3.8, 4) is 0 Å². The lowest BCUT2D eigenvalue weighted by Crippen LogP contribution is -2.49. The van der Waals surface area contributed by atoms with E-state index < -0.39 is 23.9 Å². The lowest BCUT2D eigenvalue weighted by Gasteiger charge is -2.24. The molecule has 1 fully saturated rings. The number of rotatable bonds is 10. The zero-order chi connectivity index (χ0) is 18.1. The normalized spacial score (nSPS) is 17.3. The fourth-order valence-electron chi connectivity index (χ4n) is 2.95. The minimum atomic E-state index is -0.914. The molecule has 0 bridgehead atoms. The van der Waals surface area contributed by atoms with Crippen LogP contribution in [-0.2, 0) is 23.9 Å². The van der Waals surface area contributed by atoms with Crippen molar-refractivity contribution in [2.75, 3.05) is 7.11 Å². The van der Waals surface area contributed by atoms with E-state index in [2.05, 4.69) is 5.32 Å². The Bertz CT molecular complexity index is 458. The molecule has 24 heavy (non-hydrogen) atoms. The molecule has 0 spiro atoms. The van der Waals surface area contributed by atoms with E-state index in [-0.39, 0.29) is 30.8 Å². The molecule has 0 aromatic rings. The highest BCUT2D eigenvalue weighted by atomic mass is 16.5. The first-order valence-corrected chi connectivity index (χ1v) is 8.46. The van der Waals surface area contributed by atoms with E-state index >= 15 is 0 Å². The molecule has 1 aliphatic rings. The molecule has 0 unspecified atom stereocenters. The number of Topliss-reactive ketones (excluding diaryl/α,β-unsaturated/α-hetero) is 1. The third-order valence-corrected chi connectivity index (χ3v) is 4.13. The van der Waals surface area contributed by atoms with E-state index in [1.54, 1.807) is 13.8 Å². The number of ether oxygens (including phenoxy) is 2. The molecule has 1 rings (SSSR count). The summed E-state index contributed by atoms with van der Waals surface area (Å²) >= 11 is 0. The molecular formula is C17H28N2O5. The van der Waals surface area contributed by atoms with Gasteiger partial charge in [0.25, 0.3) is 0 Å². The lowest BCUT2D eigenvalue weighted by atomic mass is 9.99. The number of nitrogens with one attached hydrogen (secondary N) is 2. The maximum atomic E-state index is 12.5. The molecule has 1 aliphatic carbocycles. The van der Waals surface area contributed by atoms with E-state index in [4.69, 9.17) is 14.9 Å². The smallest absolute Gasteiger partial charge is 0.328 e. The van der Waals surface area contributed by atoms with E-state index in [0.29, 0.717) is 6.21 Å². The summed E-state index contributed by atoms with van der Waals surface area (Å²) in [6.45, 7) is 3.44. The number of hydrogen-bond acceptors (Lipinski definition) is 6. The van der Waals surface area contributed by atoms with Gasteiger partial charge in [-0.25, -0.2) is 4.79 Å². The van der Waals surface area contributed by atoms with Crippen LogP contribution in [0.3, 0.4) is 0 Å². The average molecular weight is 340 g/mol. The molecule has 2 atom stereocenters. The monoisotopic (exact) mass is 340 g/mol.